The second kappa shape index (κ2) is 8.02. The molecule has 1 atom stereocenters. The first kappa shape index (κ1) is 10.9. The van der Waals surface area contributed by atoms with Gasteiger partial charge in [-0.25, -0.2) is 5.48 Å². The first-order valence-electron chi connectivity index (χ1n) is 4.68. The van der Waals surface area contributed by atoms with Crippen molar-refractivity contribution in [3.8, 4) is 0 Å². The van der Waals surface area contributed by atoms with E-state index >= 15 is 0 Å². The van der Waals surface area contributed by atoms with Crippen LogP contribution in [0, 0.1) is 5.92 Å². The van der Waals surface area contributed by atoms with Crippen molar-refractivity contribution in [1.82, 2.24) is 5.48 Å². The zero-order valence-electron chi connectivity index (χ0n) is 7.77. The van der Waals surface area contributed by atoms with Gasteiger partial charge in [-0.3, -0.25) is 0 Å². The van der Waals surface area contributed by atoms with E-state index in [-0.39, 0.29) is 0 Å². The maximum absolute atomic E-state index is 8.34. The number of hydrogen-bond donors (Lipinski definition) is 2. The molecule has 0 rings (SSSR count). The van der Waals surface area contributed by atoms with E-state index in [1.807, 2.05) is 0 Å². The predicted molar refractivity (Wildman–Crippen MR) is 47.7 cm³/mol. The molecule has 0 radical (unpaired) electrons. The molecule has 0 aliphatic heterocycles. The van der Waals surface area contributed by atoms with E-state index in [0.29, 0.717) is 0 Å². The lowest BCUT2D eigenvalue weighted by molar-refractivity contribution is 0.159. The Balaban J connectivity index is 3.02. The molecular formula is C9H21NO. The van der Waals surface area contributed by atoms with Gasteiger partial charge >= 0.3 is 0 Å². The lowest BCUT2D eigenvalue weighted by atomic mass is 10.0. The van der Waals surface area contributed by atoms with Crippen LogP contribution in [0.3, 0.4) is 0 Å². The van der Waals surface area contributed by atoms with Gasteiger partial charge in [-0.05, 0) is 12.3 Å². The van der Waals surface area contributed by atoms with Gasteiger partial charge in [-0.15, -0.1) is 0 Å². The molecular weight excluding hydrogens is 138 g/mol. The number of rotatable bonds is 7. The molecule has 0 amide bonds. The van der Waals surface area contributed by atoms with Gasteiger partial charge in [0, 0.05) is 6.54 Å². The average molecular weight is 159 g/mol. The highest BCUT2D eigenvalue weighted by atomic mass is 16.5. The van der Waals surface area contributed by atoms with Crippen molar-refractivity contribution in [3.63, 3.8) is 0 Å². The van der Waals surface area contributed by atoms with Gasteiger partial charge in [0.05, 0.1) is 0 Å². The molecule has 0 saturated carbocycles. The van der Waals surface area contributed by atoms with Gasteiger partial charge in [-0.2, -0.15) is 0 Å². The minimum absolute atomic E-state index is 0.729. The van der Waals surface area contributed by atoms with Crippen molar-refractivity contribution < 1.29 is 5.21 Å². The molecule has 2 N–H and O–H groups in total. The maximum atomic E-state index is 8.34. The molecule has 0 aromatic carbocycles. The van der Waals surface area contributed by atoms with Gasteiger partial charge in [0.1, 0.15) is 0 Å². The van der Waals surface area contributed by atoms with Crippen LogP contribution in [0.1, 0.15) is 46.0 Å². The molecule has 2 heteroatoms. The molecule has 0 aromatic heterocycles. The Hall–Kier alpha value is -0.0800. The van der Waals surface area contributed by atoms with Gasteiger partial charge in [-0.1, -0.05) is 39.5 Å². The Labute approximate surface area is 70.0 Å². The smallest absolute Gasteiger partial charge is 0.0210 e. The molecule has 68 valence electrons. The van der Waals surface area contributed by atoms with Crippen molar-refractivity contribution in [2.45, 2.75) is 46.0 Å². The molecule has 2 nitrogen and oxygen atoms in total. The summed E-state index contributed by atoms with van der Waals surface area (Å²) < 4.78 is 0. The Morgan fingerprint density at radius 2 is 2.00 bits per heavy atom. The lowest BCUT2D eigenvalue weighted by Gasteiger charge is -2.09. The van der Waals surface area contributed by atoms with E-state index < -0.39 is 0 Å². The summed E-state index contributed by atoms with van der Waals surface area (Å²) in [6.45, 7) is 5.19. The van der Waals surface area contributed by atoms with E-state index in [1.165, 1.54) is 25.7 Å². The van der Waals surface area contributed by atoms with Crippen molar-refractivity contribution in [2.75, 3.05) is 6.54 Å². The number of hydrogen-bond acceptors (Lipinski definition) is 2. The highest BCUT2D eigenvalue weighted by molar-refractivity contribution is 4.53. The van der Waals surface area contributed by atoms with Crippen molar-refractivity contribution in [3.05, 3.63) is 0 Å². The summed E-state index contributed by atoms with van der Waals surface area (Å²) in [7, 11) is 0. The summed E-state index contributed by atoms with van der Waals surface area (Å²) >= 11 is 0. The summed E-state index contributed by atoms with van der Waals surface area (Å²) in [6, 6.07) is 0. The van der Waals surface area contributed by atoms with Gasteiger partial charge in [0.25, 0.3) is 0 Å². The highest BCUT2D eigenvalue weighted by Crippen LogP contribution is 2.11. The van der Waals surface area contributed by atoms with Gasteiger partial charge in [0.2, 0.25) is 0 Å². The van der Waals surface area contributed by atoms with Crippen LogP contribution in [0.2, 0.25) is 0 Å². The molecule has 0 aromatic rings. The molecule has 0 heterocycles. The van der Waals surface area contributed by atoms with Crippen LogP contribution in [0.4, 0.5) is 0 Å². The van der Waals surface area contributed by atoms with Crippen LogP contribution in [0.25, 0.3) is 0 Å². The third-order valence-corrected chi connectivity index (χ3v) is 2.05. The number of nitrogens with one attached hydrogen (secondary N) is 1. The third kappa shape index (κ3) is 7.82. The molecule has 0 saturated heterocycles. The summed E-state index contributed by atoms with van der Waals surface area (Å²) in [4.78, 5) is 0. The van der Waals surface area contributed by atoms with E-state index in [2.05, 4.69) is 19.3 Å². The zero-order valence-corrected chi connectivity index (χ0v) is 7.77. The van der Waals surface area contributed by atoms with Crippen molar-refractivity contribution in [2.24, 2.45) is 5.92 Å². The van der Waals surface area contributed by atoms with Crippen LogP contribution >= 0.6 is 0 Å². The first-order valence-corrected chi connectivity index (χ1v) is 4.68. The monoisotopic (exact) mass is 159 g/mol. The standard InChI is InChI=1S/C9H21NO/c1-3-4-5-6-9(2)7-8-10-11/h9-11H,3-8H2,1-2H3. The fourth-order valence-corrected chi connectivity index (χ4v) is 1.20. The third-order valence-electron chi connectivity index (χ3n) is 2.05. The summed E-state index contributed by atoms with van der Waals surface area (Å²) in [5.41, 5.74) is 2.19. The van der Waals surface area contributed by atoms with Gasteiger partial charge < -0.3 is 5.21 Å². The summed E-state index contributed by atoms with van der Waals surface area (Å²) in [5, 5.41) is 8.34. The number of hydroxylamine groups is 1. The zero-order chi connectivity index (χ0) is 8.53. The van der Waals surface area contributed by atoms with E-state index in [1.54, 1.807) is 0 Å². The molecule has 0 aliphatic carbocycles. The second-order valence-corrected chi connectivity index (χ2v) is 3.30. The SMILES string of the molecule is CCCCCC(C)CCNO. The predicted octanol–water partition coefficient (Wildman–Crippen LogP) is 2.57. The molecule has 11 heavy (non-hydrogen) atoms. The highest BCUT2D eigenvalue weighted by Gasteiger charge is 1.99. The quantitative estimate of drug-likeness (QED) is 0.442. The Morgan fingerprint density at radius 3 is 2.55 bits per heavy atom. The second-order valence-electron chi connectivity index (χ2n) is 3.30. The molecule has 0 aliphatic rings. The Bertz CT molecular complexity index is 76.0. The summed E-state index contributed by atoms with van der Waals surface area (Å²) in [5.74, 6) is 0.751. The summed E-state index contributed by atoms with van der Waals surface area (Å²) in [6.07, 6.45) is 6.36. The molecule has 0 spiro atoms. The van der Waals surface area contributed by atoms with Crippen LogP contribution in [-0.4, -0.2) is 11.8 Å². The molecule has 0 fully saturated rings. The van der Waals surface area contributed by atoms with Crippen molar-refractivity contribution in [1.29, 1.82) is 0 Å². The topological polar surface area (TPSA) is 32.3 Å². The van der Waals surface area contributed by atoms with Crippen LogP contribution < -0.4 is 5.48 Å². The van der Waals surface area contributed by atoms with E-state index in [9.17, 15) is 0 Å². The maximum Gasteiger partial charge on any atom is 0.0210 e. The number of unbranched alkanes of at least 4 members (excludes halogenated alkanes) is 2. The van der Waals surface area contributed by atoms with Crippen LogP contribution in [-0.2, 0) is 0 Å². The fraction of sp³-hybridized carbons (Fsp3) is 1.00. The van der Waals surface area contributed by atoms with E-state index in [0.717, 1.165) is 18.9 Å². The van der Waals surface area contributed by atoms with Gasteiger partial charge in [0.15, 0.2) is 0 Å². The van der Waals surface area contributed by atoms with Crippen LogP contribution in [0.15, 0.2) is 0 Å². The molecule has 0 bridgehead atoms. The van der Waals surface area contributed by atoms with Crippen LogP contribution in [0.5, 0.6) is 0 Å². The average Bonchev–Trinajstić information content (AvgIpc) is 2.01. The Morgan fingerprint density at radius 1 is 1.27 bits per heavy atom. The Kier molecular flexibility index (Phi) is 7.96. The minimum Gasteiger partial charge on any atom is -0.317 e. The largest absolute Gasteiger partial charge is 0.317 e. The first-order chi connectivity index (χ1) is 5.31. The van der Waals surface area contributed by atoms with Crippen molar-refractivity contribution >= 4 is 0 Å². The minimum atomic E-state index is 0.729. The normalized spacial score (nSPS) is 13.4. The van der Waals surface area contributed by atoms with E-state index in [4.69, 9.17) is 5.21 Å². The lowest BCUT2D eigenvalue weighted by Crippen LogP contribution is -2.12. The molecule has 1 unspecified atom stereocenters. The fourth-order valence-electron chi connectivity index (χ4n) is 1.20.